The molecule has 0 unspecified atom stereocenters. The van der Waals surface area contributed by atoms with Gasteiger partial charge in [0.15, 0.2) is 5.78 Å². The van der Waals surface area contributed by atoms with Crippen LogP contribution in [0, 0.1) is 5.92 Å². The molecule has 1 aliphatic rings. The number of amides is 2. The van der Waals surface area contributed by atoms with Crippen LogP contribution >= 0.6 is 0 Å². The van der Waals surface area contributed by atoms with Crippen LogP contribution in [0.4, 0.5) is 5.69 Å². The number of carbonyl (C=O) groups excluding carboxylic acids is 3. The molecule has 0 bridgehead atoms. The van der Waals surface area contributed by atoms with E-state index >= 15 is 0 Å². The van der Waals surface area contributed by atoms with Crippen LogP contribution in [0.25, 0.3) is 0 Å². The van der Waals surface area contributed by atoms with Gasteiger partial charge in [-0.1, -0.05) is 0 Å². The Balaban J connectivity index is 1.90. The minimum atomic E-state index is -0.281. The van der Waals surface area contributed by atoms with Gasteiger partial charge in [0.05, 0.1) is 6.04 Å². The van der Waals surface area contributed by atoms with Gasteiger partial charge in [0.2, 0.25) is 11.8 Å². The SMILES string of the molecule is CC(=O)c1ccc(NC(=O)[C@H](C)N2CCC(C(N)=O)CC2)cc1. The van der Waals surface area contributed by atoms with Gasteiger partial charge in [-0.15, -0.1) is 0 Å². The Morgan fingerprint density at radius 2 is 1.74 bits per heavy atom. The van der Waals surface area contributed by atoms with E-state index < -0.39 is 0 Å². The van der Waals surface area contributed by atoms with Gasteiger partial charge in [0, 0.05) is 17.2 Å². The number of ketones is 1. The first-order valence-electron chi connectivity index (χ1n) is 7.83. The monoisotopic (exact) mass is 317 g/mol. The molecular weight excluding hydrogens is 294 g/mol. The van der Waals surface area contributed by atoms with Crippen molar-refractivity contribution in [1.29, 1.82) is 0 Å². The van der Waals surface area contributed by atoms with Gasteiger partial charge in [0.1, 0.15) is 0 Å². The Bertz CT molecular complexity index is 590. The Morgan fingerprint density at radius 3 is 2.22 bits per heavy atom. The molecule has 1 aromatic rings. The molecule has 1 heterocycles. The molecule has 1 fully saturated rings. The number of nitrogens with one attached hydrogen (secondary N) is 1. The lowest BCUT2D eigenvalue weighted by Crippen LogP contribution is -2.47. The molecule has 0 saturated carbocycles. The molecule has 0 radical (unpaired) electrons. The van der Waals surface area contributed by atoms with Crippen molar-refractivity contribution in [1.82, 2.24) is 4.90 Å². The average molecular weight is 317 g/mol. The molecule has 1 aromatic carbocycles. The van der Waals surface area contributed by atoms with Crippen LogP contribution in [0.1, 0.15) is 37.0 Å². The number of hydrogen-bond donors (Lipinski definition) is 2. The highest BCUT2D eigenvalue weighted by atomic mass is 16.2. The van der Waals surface area contributed by atoms with E-state index in [1.165, 1.54) is 6.92 Å². The number of nitrogens with zero attached hydrogens (tertiary/aromatic N) is 1. The Morgan fingerprint density at radius 1 is 1.17 bits per heavy atom. The number of carbonyl (C=O) groups is 3. The Kier molecular flexibility index (Phi) is 5.50. The van der Waals surface area contributed by atoms with Gasteiger partial charge in [0.25, 0.3) is 0 Å². The summed E-state index contributed by atoms with van der Waals surface area (Å²) in [6.07, 6.45) is 1.39. The Hall–Kier alpha value is -2.21. The van der Waals surface area contributed by atoms with Gasteiger partial charge in [-0.2, -0.15) is 0 Å². The maximum absolute atomic E-state index is 12.3. The zero-order chi connectivity index (χ0) is 17.0. The number of Topliss-reactive ketones (excluding diaryl/α,β-unsaturated/α-hetero) is 1. The van der Waals surface area contributed by atoms with Crippen molar-refractivity contribution in [3.8, 4) is 0 Å². The lowest BCUT2D eigenvalue weighted by atomic mass is 9.95. The molecule has 0 aromatic heterocycles. The van der Waals surface area contributed by atoms with E-state index in [2.05, 4.69) is 10.2 Å². The molecule has 23 heavy (non-hydrogen) atoms. The van der Waals surface area contributed by atoms with Crippen LogP contribution in [0.5, 0.6) is 0 Å². The second-order valence-electron chi connectivity index (χ2n) is 6.01. The molecule has 1 aliphatic heterocycles. The first-order valence-corrected chi connectivity index (χ1v) is 7.83. The fourth-order valence-corrected chi connectivity index (χ4v) is 2.77. The third kappa shape index (κ3) is 4.39. The van der Waals surface area contributed by atoms with Gasteiger partial charge < -0.3 is 11.1 Å². The summed E-state index contributed by atoms with van der Waals surface area (Å²) in [5.41, 5.74) is 6.60. The summed E-state index contributed by atoms with van der Waals surface area (Å²) in [4.78, 5) is 36.8. The third-order valence-electron chi connectivity index (χ3n) is 4.42. The molecule has 1 saturated heterocycles. The maximum atomic E-state index is 12.3. The first-order chi connectivity index (χ1) is 10.9. The first kappa shape index (κ1) is 17.1. The summed E-state index contributed by atoms with van der Waals surface area (Å²) in [7, 11) is 0. The second kappa shape index (κ2) is 7.37. The number of benzene rings is 1. The number of hydrogen-bond acceptors (Lipinski definition) is 4. The summed E-state index contributed by atoms with van der Waals surface area (Å²) in [5, 5.41) is 2.86. The number of anilines is 1. The van der Waals surface area contributed by atoms with Crippen molar-refractivity contribution in [2.75, 3.05) is 18.4 Å². The summed E-state index contributed by atoms with van der Waals surface area (Å²) in [6, 6.07) is 6.56. The third-order valence-corrected chi connectivity index (χ3v) is 4.42. The molecule has 1 atom stereocenters. The highest BCUT2D eigenvalue weighted by molar-refractivity contribution is 5.97. The van der Waals surface area contributed by atoms with E-state index in [1.807, 2.05) is 6.92 Å². The van der Waals surface area contributed by atoms with Crippen LogP contribution in [-0.4, -0.2) is 41.6 Å². The van der Waals surface area contributed by atoms with E-state index in [1.54, 1.807) is 24.3 Å². The van der Waals surface area contributed by atoms with Gasteiger partial charge in [-0.3, -0.25) is 19.3 Å². The highest BCUT2D eigenvalue weighted by Gasteiger charge is 2.28. The van der Waals surface area contributed by atoms with E-state index in [0.29, 0.717) is 37.2 Å². The molecule has 3 N–H and O–H groups in total. The highest BCUT2D eigenvalue weighted by Crippen LogP contribution is 2.19. The predicted octanol–water partition coefficient (Wildman–Crippen LogP) is 1.41. The molecule has 6 nitrogen and oxygen atoms in total. The van der Waals surface area contributed by atoms with Gasteiger partial charge in [-0.25, -0.2) is 0 Å². The number of nitrogens with two attached hydrogens (primary N) is 1. The molecule has 0 spiro atoms. The molecule has 124 valence electrons. The lowest BCUT2D eigenvalue weighted by molar-refractivity contribution is -0.124. The maximum Gasteiger partial charge on any atom is 0.241 e. The summed E-state index contributed by atoms with van der Waals surface area (Å²) in [5.74, 6) is -0.445. The minimum absolute atomic E-state index is 0.00596. The van der Waals surface area contributed by atoms with E-state index in [-0.39, 0.29) is 29.6 Å². The smallest absolute Gasteiger partial charge is 0.241 e. The fraction of sp³-hybridized carbons (Fsp3) is 0.471. The van der Waals surface area contributed by atoms with Crippen LogP contribution in [0.3, 0.4) is 0 Å². The van der Waals surface area contributed by atoms with Crippen LogP contribution in [-0.2, 0) is 9.59 Å². The second-order valence-corrected chi connectivity index (χ2v) is 6.01. The molecular formula is C17H23N3O3. The standard InChI is InChI=1S/C17H23N3O3/c1-11(20-9-7-14(8-10-20)16(18)22)17(23)19-15-5-3-13(4-6-15)12(2)21/h3-6,11,14H,7-10H2,1-2H3,(H2,18,22)(H,19,23)/t11-/m0/s1. The molecule has 2 rings (SSSR count). The fourth-order valence-electron chi connectivity index (χ4n) is 2.77. The van der Waals surface area contributed by atoms with Crippen LogP contribution in [0.2, 0.25) is 0 Å². The largest absolute Gasteiger partial charge is 0.369 e. The van der Waals surface area contributed by atoms with Crippen molar-refractivity contribution in [2.45, 2.75) is 32.7 Å². The molecule has 6 heteroatoms. The van der Waals surface area contributed by atoms with Crippen LogP contribution in [0.15, 0.2) is 24.3 Å². The number of piperidine rings is 1. The zero-order valence-corrected chi connectivity index (χ0v) is 13.5. The van der Waals surface area contributed by atoms with Crippen molar-refractivity contribution in [2.24, 2.45) is 11.7 Å². The quantitative estimate of drug-likeness (QED) is 0.803. The van der Waals surface area contributed by atoms with Crippen molar-refractivity contribution < 1.29 is 14.4 Å². The number of likely N-dealkylation sites (tertiary alicyclic amines) is 1. The zero-order valence-electron chi connectivity index (χ0n) is 13.5. The minimum Gasteiger partial charge on any atom is -0.369 e. The number of primary amides is 1. The van der Waals surface area contributed by atoms with Crippen LogP contribution < -0.4 is 11.1 Å². The van der Waals surface area contributed by atoms with E-state index in [0.717, 1.165) is 0 Å². The lowest BCUT2D eigenvalue weighted by Gasteiger charge is -2.34. The van der Waals surface area contributed by atoms with E-state index in [9.17, 15) is 14.4 Å². The van der Waals surface area contributed by atoms with Gasteiger partial charge in [-0.05, 0) is 64.0 Å². The summed E-state index contributed by atoms with van der Waals surface area (Å²) in [6.45, 7) is 4.73. The molecule has 2 amide bonds. The van der Waals surface area contributed by atoms with E-state index in [4.69, 9.17) is 5.73 Å². The molecule has 0 aliphatic carbocycles. The Labute approximate surface area is 136 Å². The summed E-state index contributed by atoms with van der Waals surface area (Å²) < 4.78 is 0. The summed E-state index contributed by atoms with van der Waals surface area (Å²) >= 11 is 0. The normalized spacial score (nSPS) is 17.5. The van der Waals surface area contributed by atoms with Crippen molar-refractivity contribution >= 4 is 23.3 Å². The average Bonchev–Trinajstić information content (AvgIpc) is 2.54. The topological polar surface area (TPSA) is 92.5 Å². The number of rotatable bonds is 5. The van der Waals surface area contributed by atoms with Crippen molar-refractivity contribution in [3.63, 3.8) is 0 Å². The van der Waals surface area contributed by atoms with Gasteiger partial charge >= 0.3 is 0 Å². The van der Waals surface area contributed by atoms with Crippen molar-refractivity contribution in [3.05, 3.63) is 29.8 Å². The predicted molar refractivity (Wildman–Crippen MR) is 88.0 cm³/mol.